The van der Waals surface area contributed by atoms with Crippen LogP contribution < -0.4 is 5.56 Å². The smallest absolute Gasteiger partial charge is 0.274 e. The Morgan fingerprint density at radius 3 is 2.67 bits per heavy atom. The van der Waals surface area contributed by atoms with Crippen molar-refractivity contribution in [2.24, 2.45) is 0 Å². The molecular weight excluding hydrogens is 228 g/mol. The molecule has 4 heteroatoms. The van der Waals surface area contributed by atoms with E-state index in [2.05, 4.69) is 5.10 Å². The average Bonchev–Trinajstić information content (AvgIpc) is 2.67. The molecule has 2 N–H and O–H groups in total. The van der Waals surface area contributed by atoms with Crippen LogP contribution in [0.4, 0.5) is 0 Å². The van der Waals surface area contributed by atoms with Crippen LogP contribution in [0, 0.1) is 0 Å². The van der Waals surface area contributed by atoms with Crippen LogP contribution >= 0.6 is 0 Å². The fourth-order valence-corrected chi connectivity index (χ4v) is 2.03. The summed E-state index contributed by atoms with van der Waals surface area (Å²) in [6, 6.07) is 14.5. The number of hydrogen-bond acceptors (Lipinski definition) is 2. The summed E-state index contributed by atoms with van der Waals surface area (Å²) < 4.78 is 1.54. The summed E-state index contributed by atoms with van der Waals surface area (Å²) in [5.41, 5.74) is 1.63. The van der Waals surface area contributed by atoms with Gasteiger partial charge in [-0.2, -0.15) is 0 Å². The van der Waals surface area contributed by atoms with Crippen LogP contribution in [0.3, 0.4) is 0 Å². The molecule has 0 bridgehead atoms. The third-order valence-electron chi connectivity index (χ3n) is 2.92. The number of aromatic hydroxyl groups is 1. The van der Waals surface area contributed by atoms with Crippen LogP contribution in [0.1, 0.15) is 5.56 Å². The Kier molecular flexibility index (Phi) is 2.41. The van der Waals surface area contributed by atoms with Crippen molar-refractivity contribution < 1.29 is 5.11 Å². The van der Waals surface area contributed by atoms with E-state index in [1.54, 1.807) is 16.8 Å². The lowest BCUT2D eigenvalue weighted by Gasteiger charge is -2.00. The Morgan fingerprint density at radius 1 is 1.11 bits per heavy atom. The predicted molar refractivity (Wildman–Crippen MR) is 69.8 cm³/mol. The molecule has 0 atom stereocenters. The van der Waals surface area contributed by atoms with E-state index in [-0.39, 0.29) is 11.3 Å². The van der Waals surface area contributed by atoms with Crippen molar-refractivity contribution >= 4 is 10.9 Å². The zero-order valence-electron chi connectivity index (χ0n) is 9.63. The third-order valence-corrected chi connectivity index (χ3v) is 2.92. The highest BCUT2D eigenvalue weighted by Crippen LogP contribution is 2.15. The highest BCUT2D eigenvalue weighted by Gasteiger charge is 2.07. The summed E-state index contributed by atoms with van der Waals surface area (Å²) in [7, 11) is 0. The molecule has 4 nitrogen and oxygen atoms in total. The minimum Gasteiger partial charge on any atom is -0.508 e. The molecule has 18 heavy (non-hydrogen) atoms. The van der Waals surface area contributed by atoms with E-state index in [4.69, 9.17) is 0 Å². The lowest BCUT2D eigenvalue weighted by atomic mass is 10.2. The molecule has 0 spiro atoms. The maximum absolute atomic E-state index is 12.1. The summed E-state index contributed by atoms with van der Waals surface area (Å²) in [5.74, 6) is 0.149. The van der Waals surface area contributed by atoms with Crippen molar-refractivity contribution in [3.8, 4) is 5.75 Å². The van der Waals surface area contributed by atoms with Crippen LogP contribution in [0.15, 0.2) is 53.3 Å². The fraction of sp³-hybridized carbons (Fsp3) is 0.0714. The largest absolute Gasteiger partial charge is 0.508 e. The van der Waals surface area contributed by atoms with Gasteiger partial charge in [-0.1, -0.05) is 30.3 Å². The zero-order valence-corrected chi connectivity index (χ0v) is 9.63. The summed E-state index contributed by atoms with van der Waals surface area (Å²) >= 11 is 0. The number of phenols is 1. The molecule has 0 unspecified atom stereocenters. The van der Waals surface area contributed by atoms with Crippen molar-refractivity contribution in [3.63, 3.8) is 0 Å². The molecule has 0 aliphatic rings. The van der Waals surface area contributed by atoms with Crippen molar-refractivity contribution in [2.45, 2.75) is 6.54 Å². The number of hydrogen-bond donors (Lipinski definition) is 2. The van der Waals surface area contributed by atoms with E-state index in [1.807, 2.05) is 30.3 Å². The van der Waals surface area contributed by atoms with E-state index in [9.17, 15) is 9.90 Å². The zero-order chi connectivity index (χ0) is 12.5. The van der Waals surface area contributed by atoms with Gasteiger partial charge >= 0.3 is 0 Å². The van der Waals surface area contributed by atoms with Gasteiger partial charge < -0.3 is 5.11 Å². The molecule has 0 saturated carbocycles. The first kappa shape index (κ1) is 10.7. The molecule has 0 amide bonds. The van der Waals surface area contributed by atoms with Gasteiger partial charge in [0.05, 0.1) is 17.4 Å². The fourth-order valence-electron chi connectivity index (χ4n) is 2.03. The van der Waals surface area contributed by atoms with Crippen LogP contribution in [0.5, 0.6) is 5.75 Å². The number of rotatable bonds is 2. The minimum atomic E-state index is -0.0751. The number of fused-ring (bicyclic) bond motifs is 1. The monoisotopic (exact) mass is 240 g/mol. The van der Waals surface area contributed by atoms with E-state index >= 15 is 0 Å². The summed E-state index contributed by atoms with van der Waals surface area (Å²) in [5, 5.41) is 13.0. The lowest BCUT2D eigenvalue weighted by Crippen LogP contribution is -2.17. The summed E-state index contributed by atoms with van der Waals surface area (Å²) in [6.07, 6.45) is 0. The van der Waals surface area contributed by atoms with Gasteiger partial charge in [-0.15, -0.1) is 0 Å². The Labute approximate surface area is 103 Å². The summed E-state index contributed by atoms with van der Waals surface area (Å²) in [6.45, 7) is 0.495. The van der Waals surface area contributed by atoms with Crippen molar-refractivity contribution in [3.05, 3.63) is 64.4 Å². The van der Waals surface area contributed by atoms with Gasteiger partial charge in [-0.3, -0.25) is 9.89 Å². The van der Waals surface area contributed by atoms with Crippen molar-refractivity contribution in [1.29, 1.82) is 0 Å². The van der Waals surface area contributed by atoms with E-state index < -0.39 is 0 Å². The Balaban J connectivity index is 2.08. The maximum atomic E-state index is 12.1. The Bertz CT molecular complexity index is 741. The predicted octanol–water partition coefficient (Wildman–Crippen LogP) is 2.08. The number of phenolic OH excluding ortho intramolecular Hbond substituents is 1. The van der Waals surface area contributed by atoms with E-state index in [0.717, 1.165) is 5.56 Å². The van der Waals surface area contributed by atoms with Gasteiger partial charge in [0.2, 0.25) is 0 Å². The second-order valence-electron chi connectivity index (χ2n) is 4.22. The molecule has 3 aromatic rings. The van der Waals surface area contributed by atoms with Crippen LogP contribution in [0.2, 0.25) is 0 Å². The van der Waals surface area contributed by atoms with Gasteiger partial charge in [0.25, 0.3) is 5.56 Å². The topological polar surface area (TPSA) is 58.0 Å². The van der Waals surface area contributed by atoms with E-state index in [0.29, 0.717) is 17.4 Å². The highest BCUT2D eigenvalue weighted by molar-refractivity contribution is 5.79. The number of nitrogens with zero attached hydrogens (tertiary/aromatic N) is 1. The SMILES string of the molecule is O=c1c2ccc(O)cc2[nH]n1Cc1ccccc1. The first-order valence-corrected chi connectivity index (χ1v) is 5.69. The number of nitrogens with one attached hydrogen (secondary N) is 1. The second kappa shape index (κ2) is 4.07. The van der Waals surface area contributed by atoms with Crippen molar-refractivity contribution in [2.75, 3.05) is 0 Å². The number of aromatic amines is 1. The number of aromatic nitrogens is 2. The molecule has 90 valence electrons. The van der Waals surface area contributed by atoms with Gasteiger partial charge in [-0.25, -0.2) is 4.68 Å². The van der Waals surface area contributed by atoms with Gasteiger partial charge in [0.1, 0.15) is 5.75 Å². The van der Waals surface area contributed by atoms with E-state index in [1.165, 1.54) is 6.07 Å². The molecule has 1 aromatic heterocycles. The quantitative estimate of drug-likeness (QED) is 0.720. The first-order chi connectivity index (χ1) is 8.74. The minimum absolute atomic E-state index is 0.0751. The molecule has 0 aliphatic heterocycles. The third kappa shape index (κ3) is 1.78. The van der Waals surface area contributed by atoms with Gasteiger partial charge in [-0.05, 0) is 17.7 Å². The molecular formula is C14H12N2O2. The number of H-pyrrole nitrogens is 1. The standard InChI is InChI=1S/C14H12N2O2/c17-11-6-7-12-13(8-11)15-16(14(12)18)9-10-4-2-1-3-5-10/h1-8,15,17H,9H2. The molecule has 0 fully saturated rings. The molecule has 0 saturated heterocycles. The number of benzene rings is 2. The Hall–Kier alpha value is -2.49. The van der Waals surface area contributed by atoms with Gasteiger partial charge in [0, 0.05) is 6.07 Å². The van der Waals surface area contributed by atoms with Crippen LogP contribution in [-0.4, -0.2) is 14.9 Å². The van der Waals surface area contributed by atoms with Crippen molar-refractivity contribution in [1.82, 2.24) is 9.78 Å². The molecule has 1 heterocycles. The lowest BCUT2D eigenvalue weighted by molar-refractivity contribution is 0.476. The highest BCUT2D eigenvalue weighted by atomic mass is 16.3. The molecule has 3 rings (SSSR count). The summed E-state index contributed by atoms with van der Waals surface area (Å²) in [4.78, 5) is 12.1. The first-order valence-electron chi connectivity index (χ1n) is 5.69. The van der Waals surface area contributed by atoms with Crippen LogP contribution in [-0.2, 0) is 6.54 Å². The van der Waals surface area contributed by atoms with Gasteiger partial charge in [0.15, 0.2) is 0 Å². The molecule has 0 radical (unpaired) electrons. The molecule has 0 aliphatic carbocycles. The molecule has 2 aromatic carbocycles. The average molecular weight is 240 g/mol. The second-order valence-corrected chi connectivity index (χ2v) is 4.22. The normalized spacial score (nSPS) is 10.9. The maximum Gasteiger partial charge on any atom is 0.274 e. The van der Waals surface area contributed by atoms with Crippen LogP contribution in [0.25, 0.3) is 10.9 Å². The Morgan fingerprint density at radius 2 is 1.89 bits per heavy atom.